The molecule has 1 heterocycles. The molecule has 0 unspecified atom stereocenters. The van der Waals surface area contributed by atoms with Crippen molar-refractivity contribution in [2.45, 2.75) is 6.18 Å². The molecule has 10 heteroatoms. The molecule has 0 atom stereocenters. The minimum atomic E-state index is -4.60. The van der Waals surface area contributed by atoms with Gasteiger partial charge in [0.2, 0.25) is 0 Å². The summed E-state index contributed by atoms with van der Waals surface area (Å²) < 4.78 is 49.6. The number of alkyl halides is 3. The van der Waals surface area contributed by atoms with Gasteiger partial charge in [-0.15, -0.1) is 0 Å². The van der Waals surface area contributed by atoms with E-state index < -0.39 is 22.7 Å². The van der Waals surface area contributed by atoms with Gasteiger partial charge >= 0.3 is 6.18 Å². The van der Waals surface area contributed by atoms with E-state index in [1.54, 1.807) is 24.3 Å². The van der Waals surface area contributed by atoms with Gasteiger partial charge in [-0.3, -0.25) is 4.79 Å². The maximum atomic E-state index is 13.0. The van der Waals surface area contributed by atoms with Crippen LogP contribution in [0.3, 0.4) is 0 Å². The van der Waals surface area contributed by atoms with E-state index in [9.17, 15) is 18.0 Å². The van der Waals surface area contributed by atoms with Crippen LogP contribution in [0.15, 0.2) is 46.3 Å². The highest BCUT2D eigenvalue weighted by molar-refractivity contribution is 8.18. The molecule has 1 fully saturated rings. The van der Waals surface area contributed by atoms with E-state index in [-0.39, 0.29) is 10.9 Å². The van der Waals surface area contributed by atoms with Crippen LogP contribution in [0.25, 0.3) is 6.08 Å². The zero-order valence-corrected chi connectivity index (χ0v) is 16.7. The number of hydrogen-bond acceptors (Lipinski definition) is 5. The van der Waals surface area contributed by atoms with Crippen LogP contribution in [0.4, 0.5) is 18.9 Å². The van der Waals surface area contributed by atoms with Crippen molar-refractivity contribution in [1.82, 2.24) is 5.32 Å². The van der Waals surface area contributed by atoms with Gasteiger partial charge in [0.15, 0.2) is 16.7 Å². The highest BCUT2D eigenvalue weighted by atomic mass is 35.5. The van der Waals surface area contributed by atoms with Crippen molar-refractivity contribution in [3.05, 3.63) is 57.5 Å². The topological polar surface area (TPSA) is 59.9 Å². The van der Waals surface area contributed by atoms with Gasteiger partial charge in [0.1, 0.15) is 0 Å². The number of amides is 1. The van der Waals surface area contributed by atoms with Crippen molar-refractivity contribution < 1.29 is 27.4 Å². The largest absolute Gasteiger partial charge is 0.493 e. The van der Waals surface area contributed by atoms with Gasteiger partial charge in [0.05, 0.1) is 35.4 Å². The van der Waals surface area contributed by atoms with E-state index >= 15 is 0 Å². The van der Waals surface area contributed by atoms with E-state index in [1.807, 2.05) is 0 Å². The summed E-state index contributed by atoms with van der Waals surface area (Å²) >= 11 is 6.61. The predicted molar refractivity (Wildman–Crippen MR) is 107 cm³/mol. The molecule has 1 saturated heterocycles. The molecule has 2 aromatic rings. The Morgan fingerprint density at radius 2 is 1.93 bits per heavy atom. The first kappa shape index (κ1) is 21.1. The molecule has 29 heavy (non-hydrogen) atoms. The van der Waals surface area contributed by atoms with E-state index in [1.165, 1.54) is 20.3 Å². The van der Waals surface area contributed by atoms with Crippen molar-refractivity contribution >= 4 is 46.2 Å². The Kier molecular flexibility index (Phi) is 6.09. The lowest BCUT2D eigenvalue weighted by molar-refractivity contribution is -0.137. The number of thioether (sulfide) groups is 1. The zero-order chi connectivity index (χ0) is 21.2. The van der Waals surface area contributed by atoms with Gasteiger partial charge in [0, 0.05) is 5.56 Å². The zero-order valence-electron chi connectivity index (χ0n) is 15.1. The minimum Gasteiger partial charge on any atom is -0.493 e. The Morgan fingerprint density at radius 3 is 2.59 bits per heavy atom. The van der Waals surface area contributed by atoms with Gasteiger partial charge in [-0.1, -0.05) is 23.7 Å². The average Bonchev–Trinajstić information content (AvgIpc) is 3.01. The van der Waals surface area contributed by atoms with Crippen LogP contribution in [0.5, 0.6) is 11.5 Å². The molecule has 0 radical (unpaired) electrons. The summed E-state index contributed by atoms with van der Waals surface area (Å²) in [5.41, 5.74) is -0.367. The molecule has 1 amide bonds. The van der Waals surface area contributed by atoms with E-state index in [0.29, 0.717) is 22.0 Å². The standard InChI is InChI=1S/C19H14ClF3N2O3S/c1-27-14-5-3-4-10(16(14)28-2)8-15-17(26)25-18(29-15)24-11-6-7-13(20)12(9-11)19(21,22)23/h3-9H,1-2H3,(H,24,25,26)/b15-8-. The second kappa shape index (κ2) is 8.38. The normalized spacial score (nSPS) is 17.0. The van der Waals surface area contributed by atoms with Crippen LogP contribution in [-0.4, -0.2) is 25.3 Å². The number of carbonyl (C=O) groups excluding carboxylic acids is 1. The van der Waals surface area contributed by atoms with Gasteiger partial charge in [-0.25, -0.2) is 4.99 Å². The lowest BCUT2D eigenvalue weighted by atomic mass is 10.1. The lowest BCUT2D eigenvalue weighted by Crippen LogP contribution is -2.19. The Hall–Kier alpha value is -2.65. The van der Waals surface area contributed by atoms with Crippen molar-refractivity contribution in [1.29, 1.82) is 0 Å². The molecule has 3 rings (SSSR count). The number of rotatable bonds is 4. The van der Waals surface area contributed by atoms with Crippen molar-refractivity contribution in [2.24, 2.45) is 4.99 Å². The molecule has 5 nitrogen and oxygen atoms in total. The molecule has 0 aromatic heterocycles. The van der Waals surface area contributed by atoms with Crippen molar-refractivity contribution in [3.8, 4) is 11.5 Å². The first-order chi connectivity index (χ1) is 13.7. The Labute approximate surface area is 173 Å². The maximum absolute atomic E-state index is 13.0. The Bertz CT molecular complexity index is 1020. The number of halogens is 4. The highest BCUT2D eigenvalue weighted by Gasteiger charge is 2.33. The number of ether oxygens (including phenoxy) is 2. The lowest BCUT2D eigenvalue weighted by Gasteiger charge is -2.10. The minimum absolute atomic E-state index is 0.0183. The third kappa shape index (κ3) is 4.68. The number of methoxy groups -OCH3 is 2. The fraction of sp³-hybridized carbons (Fsp3) is 0.158. The van der Waals surface area contributed by atoms with Crippen LogP contribution in [0, 0.1) is 0 Å². The number of nitrogens with one attached hydrogen (secondary N) is 1. The fourth-order valence-electron chi connectivity index (χ4n) is 2.56. The molecule has 2 aromatic carbocycles. The number of aliphatic imine (C=N–C) groups is 1. The first-order valence-corrected chi connectivity index (χ1v) is 9.29. The van der Waals surface area contributed by atoms with Gasteiger partial charge in [-0.2, -0.15) is 13.2 Å². The summed E-state index contributed by atoms with van der Waals surface area (Å²) in [4.78, 5) is 16.6. The molecule has 0 bridgehead atoms. The van der Waals surface area contributed by atoms with E-state index in [0.717, 1.165) is 23.9 Å². The molecule has 0 saturated carbocycles. The second-order valence-electron chi connectivity index (χ2n) is 5.73. The van der Waals surface area contributed by atoms with E-state index in [2.05, 4.69) is 10.3 Å². The third-order valence-electron chi connectivity index (χ3n) is 3.86. The molecule has 0 aliphatic carbocycles. The number of amidine groups is 1. The summed E-state index contributed by atoms with van der Waals surface area (Å²) in [6, 6.07) is 8.48. The molecule has 1 N–H and O–H groups in total. The summed E-state index contributed by atoms with van der Waals surface area (Å²) in [5, 5.41) is 2.26. The Morgan fingerprint density at radius 1 is 1.17 bits per heavy atom. The van der Waals surface area contributed by atoms with Gasteiger partial charge < -0.3 is 14.8 Å². The van der Waals surface area contributed by atoms with Crippen LogP contribution in [0.1, 0.15) is 11.1 Å². The smallest absolute Gasteiger partial charge is 0.417 e. The van der Waals surface area contributed by atoms with Crippen molar-refractivity contribution in [2.75, 3.05) is 14.2 Å². The van der Waals surface area contributed by atoms with Crippen molar-refractivity contribution in [3.63, 3.8) is 0 Å². The summed E-state index contributed by atoms with van der Waals surface area (Å²) in [6.07, 6.45) is -3.01. The second-order valence-corrected chi connectivity index (χ2v) is 7.16. The van der Waals surface area contributed by atoms with Crippen LogP contribution in [0.2, 0.25) is 5.02 Å². The monoisotopic (exact) mass is 442 g/mol. The van der Waals surface area contributed by atoms with Gasteiger partial charge in [-0.05, 0) is 42.1 Å². The molecule has 1 aliphatic heterocycles. The van der Waals surface area contributed by atoms with E-state index in [4.69, 9.17) is 21.1 Å². The highest BCUT2D eigenvalue weighted by Crippen LogP contribution is 2.38. The summed E-state index contributed by atoms with van der Waals surface area (Å²) in [5.74, 6) is 0.525. The van der Waals surface area contributed by atoms with Gasteiger partial charge in [0.25, 0.3) is 5.91 Å². The predicted octanol–water partition coefficient (Wildman–Crippen LogP) is 5.27. The molecule has 152 valence electrons. The number of nitrogens with zero attached hydrogens (tertiary/aromatic N) is 1. The third-order valence-corrected chi connectivity index (χ3v) is 5.10. The number of carbonyl (C=O) groups is 1. The SMILES string of the molecule is COc1cccc(/C=C2\SC(=Nc3ccc(Cl)c(C(F)(F)F)c3)NC2=O)c1OC. The quantitative estimate of drug-likeness (QED) is 0.655. The molecule has 0 spiro atoms. The number of benzene rings is 2. The molecular weight excluding hydrogens is 429 g/mol. The number of para-hydroxylation sites is 1. The van der Waals surface area contributed by atoms with Crippen LogP contribution >= 0.6 is 23.4 Å². The summed E-state index contributed by atoms with van der Waals surface area (Å²) in [7, 11) is 2.98. The Balaban J connectivity index is 1.91. The average molecular weight is 443 g/mol. The first-order valence-electron chi connectivity index (χ1n) is 8.10. The fourth-order valence-corrected chi connectivity index (χ4v) is 3.62. The maximum Gasteiger partial charge on any atom is 0.417 e. The number of hydrogen-bond donors (Lipinski definition) is 1. The van der Waals surface area contributed by atoms with Crippen LogP contribution < -0.4 is 14.8 Å². The molecular formula is C19H14ClF3N2O3S. The van der Waals surface area contributed by atoms with Crippen LogP contribution in [-0.2, 0) is 11.0 Å². The molecule has 1 aliphatic rings. The summed E-state index contributed by atoms with van der Waals surface area (Å²) in [6.45, 7) is 0.